The van der Waals surface area contributed by atoms with Crippen molar-refractivity contribution in [3.05, 3.63) is 68.8 Å². The van der Waals surface area contributed by atoms with Crippen LogP contribution in [0.2, 0.25) is 10.0 Å². The Hall–Kier alpha value is -2.54. The SMILES string of the molecule is CC1CCN(C(=O)c2ccc(NC3=C(Cl)C(=O)N(c4cc(Cl)ccc4Cl)C3=O)cc2)CC1. The molecule has 4 rings (SSSR count). The highest BCUT2D eigenvalue weighted by Gasteiger charge is 2.40. The lowest BCUT2D eigenvalue weighted by Crippen LogP contribution is -2.37. The van der Waals surface area contributed by atoms with Crippen molar-refractivity contribution in [2.45, 2.75) is 19.8 Å². The number of imide groups is 1. The second-order valence-electron chi connectivity index (χ2n) is 7.91. The van der Waals surface area contributed by atoms with E-state index in [0.29, 0.717) is 22.2 Å². The molecule has 0 radical (unpaired) electrons. The molecule has 1 N–H and O–H groups in total. The highest BCUT2D eigenvalue weighted by atomic mass is 35.5. The number of piperidine rings is 1. The van der Waals surface area contributed by atoms with Crippen LogP contribution in [0.3, 0.4) is 0 Å². The van der Waals surface area contributed by atoms with E-state index in [2.05, 4.69) is 12.2 Å². The number of rotatable bonds is 4. The molecule has 2 aliphatic rings. The first kappa shape index (κ1) is 22.6. The van der Waals surface area contributed by atoms with Crippen LogP contribution in [0.15, 0.2) is 53.2 Å². The summed E-state index contributed by atoms with van der Waals surface area (Å²) >= 11 is 18.3. The van der Waals surface area contributed by atoms with E-state index in [1.807, 2.05) is 4.90 Å². The normalized spacial score (nSPS) is 17.4. The summed E-state index contributed by atoms with van der Waals surface area (Å²) in [7, 11) is 0. The van der Waals surface area contributed by atoms with E-state index >= 15 is 0 Å². The van der Waals surface area contributed by atoms with Crippen molar-refractivity contribution in [2.24, 2.45) is 5.92 Å². The summed E-state index contributed by atoms with van der Waals surface area (Å²) in [5, 5.41) is 3.15. The Morgan fingerprint density at radius 1 is 0.969 bits per heavy atom. The Bertz CT molecular complexity index is 1120. The summed E-state index contributed by atoms with van der Waals surface area (Å²) in [5.74, 6) is -0.729. The smallest absolute Gasteiger partial charge is 0.283 e. The molecule has 166 valence electrons. The van der Waals surface area contributed by atoms with Crippen LogP contribution in [0.1, 0.15) is 30.1 Å². The number of nitrogens with one attached hydrogen (secondary N) is 1. The number of carbonyl (C=O) groups excluding carboxylic acids is 3. The molecular weight excluding hydrogens is 473 g/mol. The number of carbonyl (C=O) groups is 3. The molecule has 0 aromatic heterocycles. The fourth-order valence-corrected chi connectivity index (χ4v) is 4.30. The van der Waals surface area contributed by atoms with Gasteiger partial charge < -0.3 is 10.2 Å². The molecule has 2 heterocycles. The van der Waals surface area contributed by atoms with Crippen LogP contribution in [0.4, 0.5) is 11.4 Å². The lowest BCUT2D eigenvalue weighted by atomic mass is 9.98. The molecular formula is C23H20Cl3N3O3. The molecule has 0 unspecified atom stereocenters. The van der Waals surface area contributed by atoms with Gasteiger partial charge in [-0.3, -0.25) is 14.4 Å². The minimum Gasteiger partial charge on any atom is -0.350 e. The van der Waals surface area contributed by atoms with Crippen LogP contribution in [0.25, 0.3) is 0 Å². The highest BCUT2D eigenvalue weighted by molar-refractivity contribution is 6.54. The van der Waals surface area contributed by atoms with E-state index in [4.69, 9.17) is 34.8 Å². The molecule has 0 spiro atoms. The molecule has 0 saturated carbocycles. The van der Waals surface area contributed by atoms with E-state index in [0.717, 1.165) is 30.8 Å². The van der Waals surface area contributed by atoms with Gasteiger partial charge in [0.05, 0.1) is 10.7 Å². The van der Waals surface area contributed by atoms with Gasteiger partial charge in [0.1, 0.15) is 10.7 Å². The average Bonchev–Trinajstić information content (AvgIpc) is 2.99. The minimum atomic E-state index is -0.700. The van der Waals surface area contributed by atoms with Gasteiger partial charge in [0.25, 0.3) is 17.7 Å². The van der Waals surface area contributed by atoms with Crippen molar-refractivity contribution in [2.75, 3.05) is 23.3 Å². The molecule has 3 amide bonds. The standard InChI is InChI=1S/C23H20Cl3N3O3/c1-13-8-10-28(11-9-13)21(30)14-2-5-16(6-3-14)27-20-19(26)22(31)29(23(20)32)18-12-15(24)4-7-17(18)25/h2-7,12-13,27H,8-11H2,1H3. The molecule has 2 aromatic carbocycles. The number of halogens is 3. The number of nitrogens with zero attached hydrogens (tertiary/aromatic N) is 2. The maximum atomic E-state index is 12.9. The van der Waals surface area contributed by atoms with Gasteiger partial charge in [-0.15, -0.1) is 0 Å². The molecule has 0 aliphatic carbocycles. The van der Waals surface area contributed by atoms with Crippen LogP contribution in [-0.4, -0.2) is 35.7 Å². The van der Waals surface area contributed by atoms with Crippen molar-refractivity contribution in [1.82, 2.24) is 4.90 Å². The Kier molecular flexibility index (Phi) is 6.47. The molecule has 9 heteroatoms. The molecule has 2 aliphatic heterocycles. The summed E-state index contributed by atoms with van der Waals surface area (Å²) < 4.78 is 0. The molecule has 6 nitrogen and oxygen atoms in total. The second kappa shape index (κ2) is 9.14. The van der Waals surface area contributed by atoms with E-state index in [1.54, 1.807) is 30.3 Å². The molecule has 32 heavy (non-hydrogen) atoms. The van der Waals surface area contributed by atoms with Crippen LogP contribution in [0, 0.1) is 5.92 Å². The number of amides is 3. The molecule has 0 bridgehead atoms. The van der Waals surface area contributed by atoms with Crippen molar-refractivity contribution in [3.63, 3.8) is 0 Å². The van der Waals surface area contributed by atoms with Gasteiger partial charge in [-0.05, 0) is 61.2 Å². The predicted octanol–water partition coefficient (Wildman–Crippen LogP) is 5.30. The zero-order valence-corrected chi connectivity index (χ0v) is 19.5. The lowest BCUT2D eigenvalue weighted by Gasteiger charge is -2.30. The summed E-state index contributed by atoms with van der Waals surface area (Å²) in [6, 6.07) is 11.2. The first-order valence-electron chi connectivity index (χ1n) is 10.2. The Balaban J connectivity index is 1.50. The van der Waals surface area contributed by atoms with Gasteiger partial charge >= 0.3 is 0 Å². The monoisotopic (exact) mass is 491 g/mol. The van der Waals surface area contributed by atoms with Crippen LogP contribution < -0.4 is 10.2 Å². The fraction of sp³-hybridized carbons (Fsp3) is 0.261. The summed E-state index contributed by atoms with van der Waals surface area (Å²) in [4.78, 5) is 41.0. The lowest BCUT2D eigenvalue weighted by molar-refractivity contribution is -0.120. The molecule has 0 atom stereocenters. The van der Waals surface area contributed by atoms with Crippen LogP contribution >= 0.6 is 34.8 Å². The van der Waals surface area contributed by atoms with E-state index in [9.17, 15) is 14.4 Å². The fourth-order valence-electron chi connectivity index (χ4n) is 3.72. The molecule has 1 saturated heterocycles. The highest BCUT2D eigenvalue weighted by Crippen LogP contribution is 2.35. The van der Waals surface area contributed by atoms with Crippen molar-refractivity contribution in [3.8, 4) is 0 Å². The van der Waals surface area contributed by atoms with E-state index < -0.39 is 11.8 Å². The van der Waals surface area contributed by atoms with Crippen molar-refractivity contribution in [1.29, 1.82) is 0 Å². The number of benzene rings is 2. The summed E-state index contributed by atoms with van der Waals surface area (Å²) in [6.07, 6.45) is 2.00. The average molecular weight is 493 g/mol. The number of hydrogen-bond donors (Lipinski definition) is 1. The molecule has 1 fully saturated rings. The summed E-state index contributed by atoms with van der Waals surface area (Å²) in [6.45, 7) is 3.70. The van der Waals surface area contributed by atoms with Gasteiger partial charge in [-0.1, -0.05) is 41.7 Å². The first-order valence-corrected chi connectivity index (χ1v) is 11.3. The van der Waals surface area contributed by atoms with Crippen LogP contribution in [-0.2, 0) is 9.59 Å². The number of hydrogen-bond acceptors (Lipinski definition) is 4. The van der Waals surface area contributed by atoms with Crippen molar-refractivity contribution >= 4 is 63.9 Å². The number of anilines is 2. The van der Waals surface area contributed by atoms with Gasteiger partial charge in [0.2, 0.25) is 0 Å². The quantitative estimate of drug-likeness (QED) is 0.588. The van der Waals surface area contributed by atoms with E-state index in [1.165, 1.54) is 12.1 Å². The van der Waals surface area contributed by atoms with Gasteiger partial charge in [-0.2, -0.15) is 0 Å². The first-order chi connectivity index (χ1) is 15.3. The van der Waals surface area contributed by atoms with Gasteiger partial charge in [0.15, 0.2) is 0 Å². The third-order valence-corrected chi connectivity index (χ3v) is 6.55. The Labute approximate surface area is 200 Å². The number of likely N-dealkylation sites (tertiary alicyclic amines) is 1. The maximum absolute atomic E-state index is 12.9. The second-order valence-corrected chi connectivity index (χ2v) is 9.13. The van der Waals surface area contributed by atoms with Gasteiger partial charge in [0, 0.05) is 29.4 Å². The van der Waals surface area contributed by atoms with Crippen LogP contribution in [0.5, 0.6) is 0 Å². The maximum Gasteiger partial charge on any atom is 0.283 e. The third kappa shape index (κ3) is 4.35. The Morgan fingerprint density at radius 3 is 2.28 bits per heavy atom. The predicted molar refractivity (Wildman–Crippen MR) is 126 cm³/mol. The van der Waals surface area contributed by atoms with Crippen molar-refractivity contribution < 1.29 is 14.4 Å². The Morgan fingerprint density at radius 2 is 1.62 bits per heavy atom. The third-order valence-electron chi connectivity index (χ3n) is 5.65. The zero-order valence-electron chi connectivity index (χ0n) is 17.2. The summed E-state index contributed by atoms with van der Waals surface area (Å²) in [5.41, 5.74) is 1.16. The zero-order chi connectivity index (χ0) is 23.0. The largest absolute Gasteiger partial charge is 0.350 e. The minimum absolute atomic E-state index is 0.0189. The van der Waals surface area contributed by atoms with Gasteiger partial charge in [-0.25, -0.2) is 4.90 Å². The molecule has 2 aromatic rings. The topological polar surface area (TPSA) is 69.7 Å². The van der Waals surface area contributed by atoms with E-state index in [-0.39, 0.29) is 27.3 Å².